The third kappa shape index (κ3) is 9.05. The Hall–Kier alpha value is -0.930. The minimum Gasteiger partial charge on any atom is -0.544 e. The van der Waals surface area contributed by atoms with Crippen LogP contribution in [-0.4, -0.2) is 70.9 Å². The van der Waals surface area contributed by atoms with Gasteiger partial charge < -0.3 is 29.9 Å². The van der Waals surface area contributed by atoms with Gasteiger partial charge in [0.1, 0.15) is 12.6 Å². The minimum absolute atomic E-state index is 0. The van der Waals surface area contributed by atoms with E-state index in [1.165, 1.54) is 0 Å². The van der Waals surface area contributed by atoms with E-state index in [1.54, 1.807) is 13.8 Å². The maximum absolute atomic E-state index is 12.0. The predicted molar refractivity (Wildman–Crippen MR) is 99.6 cm³/mol. The number of nitrogens with one attached hydrogen (secondary N) is 1. The van der Waals surface area contributed by atoms with Crippen LogP contribution in [-0.2, 0) is 14.4 Å². The van der Waals surface area contributed by atoms with Crippen molar-refractivity contribution in [1.82, 2.24) is 5.32 Å². The van der Waals surface area contributed by atoms with E-state index >= 15 is 0 Å². The van der Waals surface area contributed by atoms with Crippen molar-refractivity contribution in [3.8, 4) is 0 Å². The number of aliphatic hydroxyl groups is 1. The number of amides is 1. The number of unbranched alkanes of at least 4 members (excludes halogenated alkanes) is 1. The van der Waals surface area contributed by atoms with Crippen molar-refractivity contribution in [2.45, 2.75) is 65.0 Å². The zero-order valence-corrected chi connectivity index (χ0v) is 19.6. The third-order valence-corrected chi connectivity index (χ3v) is 4.95. The number of aliphatic carboxylic acids is 2. The van der Waals surface area contributed by atoms with Crippen molar-refractivity contribution in [2.24, 2.45) is 0 Å². The number of quaternary nitrogens is 1. The zero-order chi connectivity index (χ0) is 20.9. The van der Waals surface area contributed by atoms with Crippen molar-refractivity contribution in [3.05, 3.63) is 12.2 Å². The van der Waals surface area contributed by atoms with Crippen LogP contribution in [0, 0.1) is 0 Å². The van der Waals surface area contributed by atoms with Crippen LogP contribution in [0.2, 0.25) is 0 Å². The molecule has 0 fully saturated rings. The summed E-state index contributed by atoms with van der Waals surface area (Å²) in [6, 6.07) is -2.09. The summed E-state index contributed by atoms with van der Waals surface area (Å²) in [7, 11) is 0. The average molecular weight is 409 g/mol. The first-order valence-electron chi connectivity index (χ1n) is 9.59. The van der Waals surface area contributed by atoms with E-state index in [2.05, 4.69) is 5.32 Å². The molecule has 0 saturated heterocycles. The average Bonchev–Trinajstić information content (AvgIpc) is 2.59. The van der Waals surface area contributed by atoms with Crippen molar-refractivity contribution < 1.29 is 63.7 Å². The minimum atomic E-state index is -1.34. The molecule has 0 spiro atoms. The topological polar surface area (TPSA) is 127 Å². The van der Waals surface area contributed by atoms with Crippen LogP contribution in [0.25, 0.3) is 0 Å². The number of hydrogen-bond acceptors (Lipinski definition) is 5. The molecule has 0 radical (unpaired) electrons. The number of carboxylic acid groups (broad SMARTS) is 2. The molecule has 3 unspecified atom stereocenters. The van der Waals surface area contributed by atoms with Gasteiger partial charge in [0.05, 0.1) is 25.7 Å². The van der Waals surface area contributed by atoms with E-state index < -0.39 is 24.0 Å². The molecule has 9 heteroatoms. The molecule has 0 aromatic heterocycles. The van der Waals surface area contributed by atoms with Gasteiger partial charge in [-0.25, -0.2) is 4.79 Å². The second-order valence-corrected chi connectivity index (χ2v) is 6.59. The fourth-order valence-corrected chi connectivity index (χ4v) is 3.68. The summed E-state index contributed by atoms with van der Waals surface area (Å²) in [4.78, 5) is 35.5. The Bertz CT molecular complexity index is 491. The number of nitrogens with zero attached hydrogens (tertiary/aromatic N) is 1. The van der Waals surface area contributed by atoms with Crippen LogP contribution < -0.4 is 40.0 Å². The Morgan fingerprint density at radius 1 is 1.14 bits per heavy atom. The Labute approximate surface area is 189 Å². The molecule has 1 amide bonds. The van der Waals surface area contributed by atoms with Gasteiger partial charge in [-0.05, 0) is 19.8 Å². The van der Waals surface area contributed by atoms with Gasteiger partial charge in [-0.3, -0.25) is 4.79 Å². The van der Waals surface area contributed by atoms with Crippen LogP contribution in [0.3, 0.4) is 0 Å². The smallest absolute Gasteiger partial charge is 0.544 e. The molecule has 0 aliphatic rings. The number of allylic oxidation sites excluding steroid dienone is 2. The first-order valence-corrected chi connectivity index (χ1v) is 9.59. The molecular weight excluding hydrogens is 375 g/mol. The number of carbonyl (C=O) groups excluding carboxylic acids is 2. The van der Waals surface area contributed by atoms with Crippen molar-refractivity contribution in [2.75, 3.05) is 26.2 Å². The van der Waals surface area contributed by atoms with Gasteiger partial charge in [0, 0.05) is 19.3 Å². The van der Waals surface area contributed by atoms with E-state index in [4.69, 9.17) is 0 Å². The van der Waals surface area contributed by atoms with Crippen molar-refractivity contribution in [1.29, 1.82) is 0 Å². The summed E-state index contributed by atoms with van der Waals surface area (Å²) < 4.78 is -0.347. The molecular formula is C19H34N2NaO6+. The maximum Gasteiger partial charge on any atom is 1.00 e. The molecule has 8 nitrogen and oxygen atoms in total. The summed E-state index contributed by atoms with van der Waals surface area (Å²) in [5.41, 5.74) is 0. The fraction of sp³-hybridized carbons (Fsp3) is 0.737. The van der Waals surface area contributed by atoms with Gasteiger partial charge >= 0.3 is 35.5 Å². The van der Waals surface area contributed by atoms with Gasteiger partial charge in [-0.1, -0.05) is 26.0 Å². The number of carbonyl (C=O) groups is 3. The number of aliphatic hydroxyl groups excluding tert-OH is 1. The van der Waals surface area contributed by atoms with E-state index in [1.807, 2.05) is 19.1 Å². The van der Waals surface area contributed by atoms with E-state index in [0.717, 1.165) is 6.42 Å². The van der Waals surface area contributed by atoms with Crippen LogP contribution in [0.5, 0.6) is 0 Å². The molecule has 0 aliphatic carbocycles. The summed E-state index contributed by atoms with van der Waals surface area (Å²) in [5, 5.41) is 33.6. The monoisotopic (exact) mass is 409 g/mol. The molecule has 0 aliphatic heterocycles. The molecule has 0 saturated carbocycles. The van der Waals surface area contributed by atoms with Crippen LogP contribution in [0.1, 0.15) is 52.9 Å². The second-order valence-electron chi connectivity index (χ2n) is 6.59. The number of hydrogen-bond donors (Lipinski definition) is 3. The Morgan fingerprint density at radius 3 is 2.18 bits per heavy atom. The zero-order valence-electron chi connectivity index (χ0n) is 17.6. The maximum atomic E-state index is 12.0. The molecule has 156 valence electrons. The predicted octanol–water partition coefficient (Wildman–Crippen LogP) is -2.95. The van der Waals surface area contributed by atoms with Crippen LogP contribution in [0.4, 0.5) is 0 Å². The second kappa shape index (κ2) is 15.9. The third-order valence-electron chi connectivity index (χ3n) is 4.95. The van der Waals surface area contributed by atoms with Gasteiger partial charge in [0.25, 0.3) is 0 Å². The van der Waals surface area contributed by atoms with Crippen molar-refractivity contribution >= 4 is 17.8 Å². The summed E-state index contributed by atoms with van der Waals surface area (Å²) in [6.07, 6.45) is 6.11. The Morgan fingerprint density at radius 2 is 1.75 bits per heavy atom. The van der Waals surface area contributed by atoms with E-state index in [-0.39, 0.29) is 79.0 Å². The first kappa shape index (κ1) is 29.3. The summed E-state index contributed by atoms with van der Waals surface area (Å²) >= 11 is 0. The molecule has 28 heavy (non-hydrogen) atoms. The van der Waals surface area contributed by atoms with Crippen LogP contribution in [0.15, 0.2) is 12.2 Å². The summed E-state index contributed by atoms with van der Waals surface area (Å²) in [6.45, 7) is 5.07. The van der Waals surface area contributed by atoms with Gasteiger partial charge in [0.15, 0.2) is 6.04 Å². The molecule has 0 heterocycles. The van der Waals surface area contributed by atoms with E-state index in [0.29, 0.717) is 12.8 Å². The van der Waals surface area contributed by atoms with Gasteiger partial charge in [0.2, 0.25) is 5.91 Å². The SMILES string of the molecule is C/C=C/CCCC(=O)NCC[N+](CCO)(C(CC)C(=O)[O-])C(CC)C(=O)O.[Na+]. The molecule has 0 aromatic carbocycles. The number of rotatable bonds is 15. The molecule has 3 N–H and O–H groups in total. The van der Waals surface area contributed by atoms with E-state index in [9.17, 15) is 29.7 Å². The number of carboxylic acids is 2. The van der Waals surface area contributed by atoms with Crippen LogP contribution >= 0.6 is 0 Å². The normalized spacial score (nSPS) is 15.3. The van der Waals surface area contributed by atoms with Crippen molar-refractivity contribution in [3.63, 3.8) is 0 Å². The molecule has 0 aromatic rings. The molecule has 0 bridgehead atoms. The van der Waals surface area contributed by atoms with Gasteiger partial charge in [-0.2, -0.15) is 0 Å². The fourth-order valence-electron chi connectivity index (χ4n) is 3.68. The first-order chi connectivity index (χ1) is 12.8. The largest absolute Gasteiger partial charge is 1.00 e. The Kier molecular flexibility index (Phi) is 16.7. The van der Waals surface area contributed by atoms with Gasteiger partial charge in [-0.15, -0.1) is 0 Å². The summed E-state index contributed by atoms with van der Waals surface area (Å²) in [5.74, 6) is -2.63. The molecule has 0 rings (SSSR count). The molecule has 3 atom stereocenters. The quantitative estimate of drug-likeness (QED) is 0.115. The standard InChI is InChI=1S/C19H34N2O6.Na/c1-4-7-8-9-10-17(23)20-11-12-21(13-14-22,15(5-2)18(24)25)16(6-3)19(26)27;/h4,7,15-16,22H,5-6,8-14H2,1-3H3,(H2-,20,23,24,25,26,27);/q;+1/b7-4+;. The Balaban J connectivity index is 0.